The van der Waals surface area contributed by atoms with Crippen LogP contribution in [0.2, 0.25) is 0 Å². The van der Waals surface area contributed by atoms with Gasteiger partial charge in [-0.15, -0.1) is 0 Å². The molecule has 0 saturated carbocycles. The summed E-state index contributed by atoms with van der Waals surface area (Å²) >= 11 is 0. The molecule has 1 N–H and O–H groups in total. The Morgan fingerprint density at radius 3 is 2.38 bits per heavy atom. The third kappa shape index (κ3) is 4.69. The summed E-state index contributed by atoms with van der Waals surface area (Å²) in [6.07, 6.45) is -1.41. The number of nitro groups is 2. The van der Waals surface area contributed by atoms with Crippen LogP contribution in [-0.2, 0) is 4.74 Å². The normalized spacial score (nSPS) is 21.9. The van der Waals surface area contributed by atoms with E-state index in [1.807, 2.05) is 53.5 Å². The summed E-state index contributed by atoms with van der Waals surface area (Å²) in [7, 11) is 0. The number of anilines is 1. The first-order chi connectivity index (χ1) is 19.4. The number of non-ortho nitro benzene ring substituents is 1. The van der Waals surface area contributed by atoms with E-state index in [0.717, 1.165) is 17.2 Å². The third-order valence-corrected chi connectivity index (χ3v) is 7.42. The van der Waals surface area contributed by atoms with Gasteiger partial charge >= 0.3 is 5.69 Å². The Morgan fingerprint density at radius 2 is 1.65 bits per heavy atom. The fraction of sp³-hybridized carbons (Fsp3) is 0.333. The highest BCUT2D eigenvalue weighted by Crippen LogP contribution is 2.48. The molecule has 0 spiro atoms. The molecule has 3 aliphatic heterocycles. The van der Waals surface area contributed by atoms with Gasteiger partial charge in [-0.25, -0.2) is 0 Å². The number of benzene rings is 3. The molecule has 3 heterocycles. The van der Waals surface area contributed by atoms with Crippen LogP contribution in [0, 0.1) is 20.2 Å². The Bertz CT molecular complexity index is 1420. The minimum absolute atomic E-state index is 0.0560. The van der Waals surface area contributed by atoms with Crippen LogP contribution >= 0.6 is 0 Å². The van der Waals surface area contributed by atoms with Gasteiger partial charge in [0.1, 0.15) is 18.1 Å². The predicted octanol–water partition coefficient (Wildman–Crippen LogP) is 3.75. The van der Waals surface area contributed by atoms with Crippen LogP contribution in [0.5, 0.6) is 11.5 Å². The second kappa shape index (κ2) is 10.7. The highest BCUT2D eigenvalue weighted by molar-refractivity contribution is 5.67. The van der Waals surface area contributed by atoms with Crippen LogP contribution in [0.15, 0.2) is 66.7 Å². The van der Waals surface area contributed by atoms with Crippen molar-refractivity contribution in [2.45, 2.75) is 24.9 Å². The number of morpholine rings is 1. The van der Waals surface area contributed by atoms with E-state index in [2.05, 4.69) is 4.90 Å². The van der Waals surface area contributed by atoms with Crippen LogP contribution in [0.3, 0.4) is 0 Å². The van der Waals surface area contributed by atoms with Gasteiger partial charge in [0, 0.05) is 25.6 Å². The number of hydrogen-bond donors (Lipinski definition) is 1. The maximum atomic E-state index is 12.2. The lowest BCUT2D eigenvalue weighted by Crippen LogP contribution is -2.52. The van der Waals surface area contributed by atoms with E-state index >= 15 is 0 Å². The Labute approximate surface area is 229 Å². The number of hydrogen-bond acceptors (Lipinski definition) is 11. The van der Waals surface area contributed by atoms with Gasteiger partial charge in [-0.05, 0) is 29.3 Å². The number of ether oxygens (including phenoxy) is 3. The van der Waals surface area contributed by atoms with Crippen LogP contribution in [0.1, 0.15) is 29.8 Å². The zero-order valence-corrected chi connectivity index (χ0v) is 21.4. The van der Waals surface area contributed by atoms with Gasteiger partial charge in [0.25, 0.3) is 5.69 Å². The Balaban J connectivity index is 1.54. The Morgan fingerprint density at radius 1 is 0.900 bits per heavy atom. The zero-order valence-electron chi connectivity index (χ0n) is 21.4. The van der Waals surface area contributed by atoms with Gasteiger partial charge in [-0.3, -0.25) is 30.1 Å². The van der Waals surface area contributed by atoms with Crippen molar-refractivity contribution in [2.75, 3.05) is 38.1 Å². The van der Waals surface area contributed by atoms with Gasteiger partial charge < -0.3 is 19.3 Å². The van der Waals surface area contributed by atoms with E-state index < -0.39 is 33.6 Å². The predicted molar refractivity (Wildman–Crippen MR) is 142 cm³/mol. The summed E-state index contributed by atoms with van der Waals surface area (Å²) in [5, 5.41) is 38.6. The molecular weight excluding hydrogens is 522 g/mol. The molecule has 2 fully saturated rings. The fourth-order valence-electron chi connectivity index (χ4n) is 5.64. The van der Waals surface area contributed by atoms with Crippen molar-refractivity contribution in [3.63, 3.8) is 0 Å². The molecule has 40 heavy (non-hydrogen) atoms. The number of aliphatic hydroxyl groups excluding tert-OH is 1. The SMILES string of the molecule is O=[N+]([O-])c1ccc(N2C(O)CC(c3ccccc3)N2C(c2ccc3c(c2)OCO3)N2CCOCC2)c([N+](=O)[O-])c1. The van der Waals surface area contributed by atoms with E-state index in [1.165, 1.54) is 17.1 Å². The lowest BCUT2D eigenvalue weighted by Gasteiger charge is -2.46. The molecule has 2 saturated heterocycles. The van der Waals surface area contributed by atoms with E-state index in [-0.39, 0.29) is 24.9 Å². The lowest BCUT2D eigenvalue weighted by molar-refractivity contribution is -0.393. The largest absolute Gasteiger partial charge is 0.454 e. The summed E-state index contributed by atoms with van der Waals surface area (Å²) in [6.45, 7) is 2.24. The molecule has 6 rings (SSSR count). The molecule has 3 atom stereocenters. The van der Waals surface area contributed by atoms with Crippen molar-refractivity contribution in [3.05, 3.63) is 98.1 Å². The van der Waals surface area contributed by atoms with Crippen LogP contribution in [0.25, 0.3) is 0 Å². The molecule has 0 bridgehead atoms. The molecule has 3 aliphatic rings. The summed E-state index contributed by atoms with van der Waals surface area (Å²) in [6, 6.07) is 18.3. The van der Waals surface area contributed by atoms with Crippen LogP contribution in [0.4, 0.5) is 17.1 Å². The third-order valence-electron chi connectivity index (χ3n) is 7.42. The molecule has 0 aliphatic carbocycles. The number of nitrogens with zero attached hydrogens (tertiary/aromatic N) is 5. The maximum absolute atomic E-state index is 12.2. The van der Waals surface area contributed by atoms with E-state index in [0.29, 0.717) is 37.8 Å². The quantitative estimate of drug-likeness (QED) is 0.340. The average Bonchev–Trinajstić information content (AvgIpc) is 3.58. The topological polar surface area (TPSA) is 144 Å². The summed E-state index contributed by atoms with van der Waals surface area (Å²) in [5.41, 5.74) is 0.915. The minimum Gasteiger partial charge on any atom is -0.454 e. The summed E-state index contributed by atoms with van der Waals surface area (Å²) in [5.74, 6) is 1.20. The first kappa shape index (κ1) is 26.0. The fourth-order valence-corrected chi connectivity index (χ4v) is 5.64. The zero-order chi connectivity index (χ0) is 27.8. The van der Waals surface area contributed by atoms with E-state index in [4.69, 9.17) is 14.2 Å². The van der Waals surface area contributed by atoms with Crippen molar-refractivity contribution in [3.8, 4) is 11.5 Å². The molecule has 0 aromatic heterocycles. The number of nitro benzene ring substituents is 2. The van der Waals surface area contributed by atoms with Gasteiger partial charge in [0.05, 0.1) is 35.2 Å². The monoisotopic (exact) mass is 549 g/mol. The molecule has 3 unspecified atom stereocenters. The summed E-state index contributed by atoms with van der Waals surface area (Å²) in [4.78, 5) is 24.5. The molecule has 13 heteroatoms. The molecule has 13 nitrogen and oxygen atoms in total. The number of rotatable bonds is 7. The van der Waals surface area contributed by atoms with Gasteiger partial charge in [0.15, 0.2) is 11.5 Å². The average molecular weight is 550 g/mol. The molecular formula is C27H27N5O8. The molecule has 0 radical (unpaired) electrons. The summed E-state index contributed by atoms with van der Waals surface area (Å²) < 4.78 is 16.8. The Hall–Kier alpha value is -4.30. The smallest absolute Gasteiger partial charge is 0.300 e. The number of aliphatic hydroxyl groups is 1. The molecule has 3 aromatic rings. The van der Waals surface area contributed by atoms with Crippen molar-refractivity contribution in [2.24, 2.45) is 0 Å². The minimum atomic E-state index is -1.15. The van der Waals surface area contributed by atoms with Crippen LogP contribution in [-0.4, -0.2) is 64.2 Å². The number of hydrazine groups is 1. The van der Waals surface area contributed by atoms with Crippen molar-refractivity contribution < 1.29 is 29.2 Å². The first-order valence-corrected chi connectivity index (χ1v) is 12.9. The molecule has 3 aromatic carbocycles. The van der Waals surface area contributed by atoms with Crippen molar-refractivity contribution in [1.82, 2.24) is 9.91 Å². The maximum Gasteiger partial charge on any atom is 0.300 e. The molecule has 0 amide bonds. The van der Waals surface area contributed by atoms with Gasteiger partial charge in [-0.1, -0.05) is 36.4 Å². The molecule has 208 valence electrons. The van der Waals surface area contributed by atoms with E-state index in [9.17, 15) is 25.3 Å². The second-order valence-electron chi connectivity index (χ2n) is 9.69. The van der Waals surface area contributed by atoms with E-state index in [1.54, 1.807) is 0 Å². The Kier molecular flexibility index (Phi) is 6.94. The van der Waals surface area contributed by atoms with Gasteiger partial charge in [-0.2, -0.15) is 5.01 Å². The highest BCUT2D eigenvalue weighted by atomic mass is 16.7. The first-order valence-electron chi connectivity index (χ1n) is 12.9. The standard InChI is InChI=1S/C27H27N5O8/c33-26-16-22(18-4-2-1-3-5-18)30(29(26)21-8-7-20(31(34)35)15-23(21)32(36)37)27(28-10-12-38-13-11-28)19-6-9-24-25(14-19)40-17-39-24/h1-9,14-15,22,26-27,33H,10-13,16-17H2. The second-order valence-corrected chi connectivity index (χ2v) is 9.69. The number of fused-ring (bicyclic) bond motifs is 1. The van der Waals surface area contributed by atoms with Crippen molar-refractivity contribution >= 4 is 17.1 Å². The van der Waals surface area contributed by atoms with Crippen molar-refractivity contribution in [1.29, 1.82) is 0 Å². The van der Waals surface area contributed by atoms with Gasteiger partial charge in [0.2, 0.25) is 6.79 Å². The lowest BCUT2D eigenvalue weighted by atomic mass is 10.0. The highest BCUT2D eigenvalue weighted by Gasteiger charge is 2.48. The van der Waals surface area contributed by atoms with Crippen LogP contribution < -0.4 is 14.5 Å².